The molecular weight excluding hydrogens is 459 g/mol. The van der Waals surface area contributed by atoms with E-state index in [1.165, 1.54) is 6.92 Å². The zero-order valence-electron chi connectivity index (χ0n) is 16.6. The molecule has 0 saturated carbocycles. The number of primary amides is 1. The third-order valence-electron chi connectivity index (χ3n) is 4.44. The highest BCUT2D eigenvalue weighted by atomic mass is 19.4. The fourth-order valence-corrected chi connectivity index (χ4v) is 2.96. The molecule has 0 fully saturated rings. The number of amides is 2. The Morgan fingerprint density at radius 1 is 1.24 bits per heavy atom. The van der Waals surface area contributed by atoms with E-state index in [-0.39, 0.29) is 22.3 Å². The SMILES string of the molecule is Cc1oc2ccc(OC(F)(F)c3ccnnc3C(F)(F)F)cc2c1C(=O)N[C@@H](CO)C(N)=O. The van der Waals surface area contributed by atoms with Crippen LogP contribution < -0.4 is 15.8 Å². The van der Waals surface area contributed by atoms with Crippen molar-refractivity contribution in [3.8, 4) is 5.75 Å². The van der Waals surface area contributed by atoms with Gasteiger partial charge in [0.1, 0.15) is 23.1 Å². The van der Waals surface area contributed by atoms with Gasteiger partial charge < -0.3 is 25.3 Å². The predicted octanol–water partition coefficient (Wildman–Crippen LogP) is 2.25. The lowest BCUT2D eigenvalue weighted by molar-refractivity contribution is -0.196. The van der Waals surface area contributed by atoms with Crippen molar-refractivity contribution < 1.29 is 45.8 Å². The fraction of sp³-hybridized carbons (Fsp3) is 0.263. The lowest BCUT2D eigenvalue weighted by Gasteiger charge is -2.20. The van der Waals surface area contributed by atoms with Gasteiger partial charge in [-0.25, -0.2) is 0 Å². The summed E-state index contributed by atoms with van der Waals surface area (Å²) in [6.45, 7) is 0.582. The van der Waals surface area contributed by atoms with Crippen LogP contribution in [0, 0.1) is 6.92 Å². The molecule has 4 N–H and O–H groups in total. The van der Waals surface area contributed by atoms with Crippen molar-refractivity contribution in [2.24, 2.45) is 5.73 Å². The number of ether oxygens (including phenoxy) is 1. The Hall–Kier alpha value is -3.81. The fourth-order valence-electron chi connectivity index (χ4n) is 2.96. The summed E-state index contributed by atoms with van der Waals surface area (Å²) in [5.74, 6) is -2.50. The van der Waals surface area contributed by atoms with Crippen LogP contribution in [0.5, 0.6) is 5.75 Å². The van der Waals surface area contributed by atoms with E-state index in [4.69, 9.17) is 15.3 Å². The van der Waals surface area contributed by atoms with Gasteiger partial charge >= 0.3 is 12.3 Å². The number of rotatable bonds is 7. The van der Waals surface area contributed by atoms with Gasteiger partial charge in [-0.1, -0.05) is 0 Å². The van der Waals surface area contributed by atoms with Gasteiger partial charge in [-0.3, -0.25) is 9.59 Å². The topological polar surface area (TPSA) is 141 Å². The molecule has 3 aromatic rings. The number of nitrogens with zero attached hydrogens (tertiary/aromatic N) is 2. The van der Waals surface area contributed by atoms with Gasteiger partial charge in [-0.2, -0.15) is 27.1 Å². The smallest absolute Gasteiger partial charge is 0.435 e. The van der Waals surface area contributed by atoms with Crippen molar-refractivity contribution >= 4 is 22.8 Å². The number of aliphatic hydroxyl groups excluding tert-OH is 1. The second kappa shape index (κ2) is 8.61. The van der Waals surface area contributed by atoms with Gasteiger partial charge in [0.05, 0.1) is 23.9 Å². The number of hydrogen-bond donors (Lipinski definition) is 3. The van der Waals surface area contributed by atoms with E-state index in [0.717, 1.165) is 18.2 Å². The van der Waals surface area contributed by atoms with Crippen LogP contribution in [-0.4, -0.2) is 39.8 Å². The standard InChI is InChI=1S/C19H15F5N4O5/c1-8-14(17(31)27-12(7-29)16(25)30)10-6-9(2-3-13(10)32-8)33-19(23,24)11-4-5-26-28-15(11)18(20,21)22/h2-6,12,29H,7H2,1H3,(H2,25,30)(H,27,31)/t12-/m0/s1. The summed E-state index contributed by atoms with van der Waals surface area (Å²) in [6, 6.07) is 2.12. The van der Waals surface area contributed by atoms with Crippen LogP contribution in [0.1, 0.15) is 27.4 Å². The monoisotopic (exact) mass is 474 g/mol. The number of alkyl halides is 5. The van der Waals surface area contributed by atoms with Crippen LogP contribution in [0.2, 0.25) is 0 Å². The minimum Gasteiger partial charge on any atom is -0.461 e. The molecule has 0 unspecified atom stereocenters. The number of hydrogen-bond acceptors (Lipinski definition) is 7. The maximum atomic E-state index is 14.6. The Morgan fingerprint density at radius 3 is 2.55 bits per heavy atom. The van der Waals surface area contributed by atoms with Crippen molar-refractivity contribution in [1.82, 2.24) is 15.5 Å². The number of aromatic nitrogens is 2. The van der Waals surface area contributed by atoms with Crippen molar-refractivity contribution in [3.05, 3.63) is 53.0 Å². The molecule has 2 amide bonds. The van der Waals surface area contributed by atoms with Crippen molar-refractivity contribution in [3.63, 3.8) is 0 Å². The Bertz CT molecular complexity index is 1210. The Morgan fingerprint density at radius 2 is 1.94 bits per heavy atom. The van der Waals surface area contributed by atoms with Crippen LogP contribution in [0.25, 0.3) is 11.0 Å². The molecule has 9 nitrogen and oxygen atoms in total. The minimum absolute atomic E-state index is 0.0326. The van der Waals surface area contributed by atoms with Crippen LogP contribution in [0.15, 0.2) is 34.9 Å². The van der Waals surface area contributed by atoms with Gasteiger partial charge in [0.25, 0.3) is 5.91 Å². The number of fused-ring (bicyclic) bond motifs is 1. The quantitative estimate of drug-likeness (QED) is 0.446. The molecule has 1 aromatic carbocycles. The summed E-state index contributed by atoms with van der Waals surface area (Å²) in [5.41, 5.74) is 1.47. The second-order valence-corrected chi connectivity index (χ2v) is 6.71. The van der Waals surface area contributed by atoms with E-state index in [1.54, 1.807) is 0 Å². The normalized spacial score (nSPS) is 13.1. The molecule has 0 spiro atoms. The number of halogens is 5. The lowest BCUT2D eigenvalue weighted by atomic mass is 10.1. The number of benzene rings is 1. The van der Waals surface area contributed by atoms with E-state index >= 15 is 0 Å². The highest BCUT2D eigenvalue weighted by molar-refractivity contribution is 6.08. The van der Waals surface area contributed by atoms with Gasteiger partial charge in [0, 0.05) is 5.39 Å². The number of furan rings is 1. The summed E-state index contributed by atoms with van der Waals surface area (Å²) in [6.07, 6.45) is -9.02. The molecule has 0 saturated heterocycles. The molecule has 14 heteroatoms. The number of nitrogens with one attached hydrogen (secondary N) is 1. The third kappa shape index (κ3) is 4.84. The zero-order valence-corrected chi connectivity index (χ0v) is 16.6. The average Bonchev–Trinajstić information content (AvgIpc) is 3.05. The van der Waals surface area contributed by atoms with Crippen LogP contribution in [0.3, 0.4) is 0 Å². The number of carbonyl (C=O) groups excluding carboxylic acids is 2. The molecule has 2 heterocycles. The zero-order chi connectivity index (χ0) is 24.6. The molecule has 33 heavy (non-hydrogen) atoms. The van der Waals surface area contributed by atoms with Crippen LogP contribution in [0.4, 0.5) is 22.0 Å². The van der Waals surface area contributed by atoms with Crippen LogP contribution in [-0.2, 0) is 17.1 Å². The van der Waals surface area contributed by atoms with E-state index in [9.17, 15) is 31.5 Å². The average molecular weight is 474 g/mol. The summed E-state index contributed by atoms with van der Waals surface area (Å²) >= 11 is 0. The summed E-state index contributed by atoms with van der Waals surface area (Å²) in [7, 11) is 0. The van der Waals surface area contributed by atoms with Gasteiger partial charge in [-0.05, 0) is 31.2 Å². The molecule has 0 aliphatic carbocycles. The number of aryl methyl sites for hydroxylation is 1. The number of nitrogens with two attached hydrogens (primary N) is 1. The maximum absolute atomic E-state index is 14.6. The molecule has 0 aliphatic heterocycles. The summed E-state index contributed by atoms with van der Waals surface area (Å²) in [4.78, 5) is 23.8. The second-order valence-electron chi connectivity index (χ2n) is 6.71. The first-order valence-corrected chi connectivity index (χ1v) is 9.05. The molecular formula is C19H15F5N4O5. The molecule has 0 aliphatic rings. The molecule has 0 radical (unpaired) electrons. The van der Waals surface area contributed by atoms with Gasteiger partial charge in [0.2, 0.25) is 5.91 Å². The first-order chi connectivity index (χ1) is 15.3. The van der Waals surface area contributed by atoms with Crippen molar-refractivity contribution in [2.75, 3.05) is 6.61 Å². The molecule has 1 atom stereocenters. The predicted molar refractivity (Wildman–Crippen MR) is 100 cm³/mol. The highest BCUT2D eigenvalue weighted by Gasteiger charge is 2.46. The van der Waals surface area contributed by atoms with Gasteiger partial charge in [0.15, 0.2) is 5.69 Å². The Labute approximate surface area is 181 Å². The van der Waals surface area contributed by atoms with E-state index in [1.807, 2.05) is 0 Å². The Kier molecular flexibility index (Phi) is 6.22. The molecule has 2 aromatic heterocycles. The lowest BCUT2D eigenvalue weighted by Crippen LogP contribution is -2.46. The van der Waals surface area contributed by atoms with E-state index in [2.05, 4.69) is 20.3 Å². The third-order valence-corrected chi connectivity index (χ3v) is 4.44. The van der Waals surface area contributed by atoms with E-state index < -0.39 is 53.8 Å². The molecule has 0 bridgehead atoms. The summed E-state index contributed by atoms with van der Waals surface area (Å²) in [5, 5.41) is 17.0. The Balaban J connectivity index is 1.99. The van der Waals surface area contributed by atoms with Crippen molar-refractivity contribution in [1.29, 1.82) is 0 Å². The van der Waals surface area contributed by atoms with Crippen LogP contribution >= 0.6 is 0 Å². The molecule has 3 rings (SSSR count). The maximum Gasteiger partial charge on any atom is 0.435 e. The van der Waals surface area contributed by atoms with Crippen molar-refractivity contribution in [2.45, 2.75) is 25.3 Å². The highest BCUT2D eigenvalue weighted by Crippen LogP contribution is 2.40. The largest absolute Gasteiger partial charge is 0.461 e. The molecule has 176 valence electrons. The first kappa shape index (κ1) is 23.8. The number of carbonyl (C=O) groups is 2. The number of aliphatic hydroxyl groups is 1. The summed E-state index contributed by atoms with van der Waals surface area (Å²) < 4.78 is 78.4. The van der Waals surface area contributed by atoms with E-state index in [0.29, 0.717) is 12.3 Å². The van der Waals surface area contributed by atoms with Gasteiger partial charge in [-0.15, -0.1) is 5.10 Å². The minimum atomic E-state index is -5.21. The first-order valence-electron chi connectivity index (χ1n) is 9.05.